The second-order valence-electron chi connectivity index (χ2n) is 8.34. The Morgan fingerprint density at radius 1 is 0.840 bits per heavy atom. The van der Waals surface area contributed by atoms with Crippen molar-refractivity contribution in [2.45, 2.75) is 84.0 Å². The number of benzene rings is 1. The maximum Gasteiger partial charge on any atom is 0.194 e. The predicted octanol–water partition coefficient (Wildman–Crippen LogP) is 6.99. The van der Waals surface area contributed by atoms with Crippen molar-refractivity contribution >= 4 is 0 Å². The summed E-state index contributed by atoms with van der Waals surface area (Å²) >= 11 is 0. The smallest absolute Gasteiger partial charge is 0.194 e. The highest BCUT2D eigenvalue weighted by molar-refractivity contribution is 5.33. The third kappa shape index (κ3) is 4.60. The van der Waals surface area contributed by atoms with E-state index in [9.17, 15) is 13.2 Å². The van der Waals surface area contributed by atoms with Crippen molar-refractivity contribution in [2.24, 2.45) is 17.8 Å². The summed E-state index contributed by atoms with van der Waals surface area (Å²) in [5.41, 5.74) is 1.10. The van der Waals surface area contributed by atoms with E-state index in [0.29, 0.717) is 29.9 Å². The van der Waals surface area contributed by atoms with Crippen LogP contribution in [0.15, 0.2) is 6.07 Å². The van der Waals surface area contributed by atoms with Crippen molar-refractivity contribution in [1.82, 2.24) is 0 Å². The van der Waals surface area contributed by atoms with Gasteiger partial charge >= 0.3 is 0 Å². The van der Waals surface area contributed by atoms with Crippen LogP contribution in [0.5, 0.6) is 0 Å². The molecule has 0 aliphatic heterocycles. The number of fused-ring (bicyclic) bond motifs is 1. The summed E-state index contributed by atoms with van der Waals surface area (Å²) in [4.78, 5) is 0. The van der Waals surface area contributed by atoms with Gasteiger partial charge in [-0.15, -0.1) is 0 Å². The van der Waals surface area contributed by atoms with Gasteiger partial charge in [-0.1, -0.05) is 58.3 Å². The Hall–Kier alpha value is -0.990. The number of halogens is 3. The first-order valence-corrected chi connectivity index (χ1v) is 10.2. The molecule has 0 amide bonds. The predicted molar refractivity (Wildman–Crippen MR) is 96.0 cm³/mol. The molecule has 1 aromatic rings. The molecule has 0 bridgehead atoms. The molecule has 0 saturated heterocycles. The summed E-state index contributed by atoms with van der Waals surface area (Å²) in [6.07, 6.45) is 14.1. The molecular formula is C22H31F3. The molecule has 0 radical (unpaired) electrons. The SMILES string of the molecule is CCCCC1CCC(CCC2CCc3c(cc(F)c(F)c3F)C2)CC1. The molecule has 2 aliphatic rings. The Morgan fingerprint density at radius 2 is 1.48 bits per heavy atom. The second kappa shape index (κ2) is 8.60. The fourth-order valence-corrected chi connectivity index (χ4v) is 4.92. The van der Waals surface area contributed by atoms with Gasteiger partial charge < -0.3 is 0 Å². The van der Waals surface area contributed by atoms with Crippen LogP contribution in [0, 0.1) is 35.2 Å². The molecule has 140 valence electrons. The summed E-state index contributed by atoms with van der Waals surface area (Å²) in [7, 11) is 0. The van der Waals surface area contributed by atoms with E-state index >= 15 is 0 Å². The first kappa shape index (κ1) is 18.8. The zero-order valence-corrected chi connectivity index (χ0v) is 15.4. The lowest BCUT2D eigenvalue weighted by Gasteiger charge is -2.31. The number of hydrogen-bond donors (Lipinski definition) is 0. The summed E-state index contributed by atoms with van der Waals surface area (Å²) in [5, 5.41) is 0. The fraction of sp³-hybridized carbons (Fsp3) is 0.727. The highest BCUT2D eigenvalue weighted by Crippen LogP contribution is 2.37. The monoisotopic (exact) mass is 352 g/mol. The third-order valence-corrected chi connectivity index (χ3v) is 6.58. The van der Waals surface area contributed by atoms with Crippen LogP contribution in [0.4, 0.5) is 13.2 Å². The van der Waals surface area contributed by atoms with Crippen molar-refractivity contribution in [1.29, 1.82) is 0 Å². The molecule has 1 unspecified atom stereocenters. The molecule has 25 heavy (non-hydrogen) atoms. The lowest BCUT2D eigenvalue weighted by Crippen LogP contribution is -2.20. The Labute approximate surface area is 150 Å². The van der Waals surface area contributed by atoms with E-state index in [1.807, 2.05) is 0 Å². The van der Waals surface area contributed by atoms with E-state index in [1.165, 1.54) is 57.4 Å². The average molecular weight is 352 g/mol. The van der Waals surface area contributed by atoms with Crippen LogP contribution in [0.1, 0.15) is 82.3 Å². The van der Waals surface area contributed by atoms with E-state index in [0.717, 1.165) is 24.7 Å². The van der Waals surface area contributed by atoms with E-state index in [4.69, 9.17) is 0 Å². The van der Waals surface area contributed by atoms with Gasteiger partial charge in [-0.2, -0.15) is 0 Å². The summed E-state index contributed by atoms with van der Waals surface area (Å²) in [5.74, 6) is -1.03. The number of rotatable bonds is 6. The molecule has 0 nitrogen and oxygen atoms in total. The maximum absolute atomic E-state index is 13.9. The van der Waals surface area contributed by atoms with E-state index in [-0.39, 0.29) is 0 Å². The van der Waals surface area contributed by atoms with Crippen LogP contribution in [-0.4, -0.2) is 0 Å². The zero-order valence-electron chi connectivity index (χ0n) is 15.4. The first-order valence-electron chi connectivity index (χ1n) is 10.2. The van der Waals surface area contributed by atoms with Gasteiger partial charge in [0.15, 0.2) is 17.5 Å². The summed E-state index contributed by atoms with van der Waals surface area (Å²) < 4.78 is 40.7. The maximum atomic E-state index is 13.9. The normalized spacial score (nSPS) is 26.5. The highest BCUT2D eigenvalue weighted by atomic mass is 19.2. The first-order chi connectivity index (χ1) is 12.1. The Balaban J connectivity index is 1.47. The van der Waals surface area contributed by atoms with Gasteiger partial charge in [0.25, 0.3) is 0 Å². The molecule has 1 fully saturated rings. The molecule has 0 spiro atoms. The van der Waals surface area contributed by atoms with Crippen molar-refractivity contribution < 1.29 is 13.2 Å². The third-order valence-electron chi connectivity index (χ3n) is 6.58. The Kier molecular flexibility index (Phi) is 6.46. The number of hydrogen-bond acceptors (Lipinski definition) is 0. The molecule has 1 aromatic carbocycles. The fourth-order valence-electron chi connectivity index (χ4n) is 4.92. The van der Waals surface area contributed by atoms with Gasteiger partial charge in [0.05, 0.1) is 0 Å². The van der Waals surface area contributed by atoms with Crippen molar-refractivity contribution in [3.8, 4) is 0 Å². The molecule has 0 N–H and O–H groups in total. The van der Waals surface area contributed by atoms with Crippen molar-refractivity contribution in [3.63, 3.8) is 0 Å². The van der Waals surface area contributed by atoms with Gasteiger partial charge in [0.2, 0.25) is 0 Å². The standard InChI is InChI=1S/C22H31F3/c1-2-3-4-15-5-7-16(8-6-15)9-10-17-11-12-19-18(13-17)14-20(23)22(25)21(19)24/h14-17H,2-13H2,1H3. The molecule has 0 heterocycles. The van der Waals surface area contributed by atoms with Crippen molar-refractivity contribution in [2.75, 3.05) is 0 Å². The van der Waals surface area contributed by atoms with Gasteiger partial charge in [-0.25, -0.2) is 13.2 Å². The lowest BCUT2D eigenvalue weighted by molar-refractivity contribution is 0.234. The lowest BCUT2D eigenvalue weighted by atomic mass is 9.75. The van der Waals surface area contributed by atoms with Crippen LogP contribution < -0.4 is 0 Å². The number of unbranched alkanes of at least 4 members (excludes halogenated alkanes) is 1. The minimum Gasteiger partial charge on any atom is -0.204 e. The second-order valence-corrected chi connectivity index (χ2v) is 8.34. The molecule has 3 heteroatoms. The van der Waals surface area contributed by atoms with Gasteiger partial charge in [0.1, 0.15) is 0 Å². The van der Waals surface area contributed by atoms with Gasteiger partial charge in [-0.05, 0) is 60.6 Å². The molecule has 2 aliphatic carbocycles. The van der Waals surface area contributed by atoms with Crippen LogP contribution in [0.3, 0.4) is 0 Å². The van der Waals surface area contributed by atoms with Crippen LogP contribution >= 0.6 is 0 Å². The molecule has 1 atom stereocenters. The summed E-state index contributed by atoms with van der Waals surface area (Å²) in [6, 6.07) is 1.22. The van der Waals surface area contributed by atoms with Crippen LogP contribution in [-0.2, 0) is 12.8 Å². The average Bonchev–Trinajstić information content (AvgIpc) is 2.63. The van der Waals surface area contributed by atoms with Crippen molar-refractivity contribution in [3.05, 3.63) is 34.6 Å². The van der Waals surface area contributed by atoms with Crippen LogP contribution in [0.25, 0.3) is 0 Å². The topological polar surface area (TPSA) is 0 Å². The largest absolute Gasteiger partial charge is 0.204 e. The molecule has 3 rings (SSSR count). The van der Waals surface area contributed by atoms with Gasteiger partial charge in [0, 0.05) is 0 Å². The molecule has 0 aromatic heterocycles. The van der Waals surface area contributed by atoms with E-state index in [1.54, 1.807) is 0 Å². The van der Waals surface area contributed by atoms with E-state index in [2.05, 4.69) is 6.92 Å². The van der Waals surface area contributed by atoms with Gasteiger partial charge in [-0.3, -0.25) is 0 Å². The summed E-state index contributed by atoms with van der Waals surface area (Å²) in [6.45, 7) is 2.26. The zero-order chi connectivity index (χ0) is 17.8. The minimum atomic E-state index is -1.31. The Morgan fingerprint density at radius 3 is 2.16 bits per heavy atom. The van der Waals surface area contributed by atoms with Crippen LogP contribution in [0.2, 0.25) is 0 Å². The quantitative estimate of drug-likeness (QED) is 0.484. The van der Waals surface area contributed by atoms with E-state index < -0.39 is 17.5 Å². The minimum absolute atomic E-state index is 0.409. The Bertz CT molecular complexity index is 573. The molecule has 1 saturated carbocycles. The molecular weight excluding hydrogens is 321 g/mol. The highest BCUT2D eigenvalue weighted by Gasteiger charge is 2.27.